The second-order valence-corrected chi connectivity index (χ2v) is 7.01. The second kappa shape index (κ2) is 7.44. The summed E-state index contributed by atoms with van der Waals surface area (Å²) in [4.78, 5) is 30.4. The number of carbonyl (C=O) groups excluding carboxylic acids is 2. The normalized spacial score (nSPS) is 22.4. The van der Waals surface area contributed by atoms with Crippen LogP contribution >= 0.6 is 23.7 Å². The van der Waals surface area contributed by atoms with Crippen molar-refractivity contribution in [3.63, 3.8) is 0 Å². The van der Waals surface area contributed by atoms with Crippen LogP contribution in [-0.2, 0) is 4.79 Å². The largest absolute Gasteiger partial charge is 0.336 e. The fraction of sp³-hybridized carbons (Fsp3) is 0.600. The van der Waals surface area contributed by atoms with E-state index >= 15 is 0 Å². The minimum absolute atomic E-state index is 0. The third-order valence-corrected chi connectivity index (χ3v) is 5.19. The highest BCUT2D eigenvalue weighted by Gasteiger charge is 2.32. The molecule has 0 aromatic carbocycles. The average Bonchev–Trinajstić information content (AvgIpc) is 2.94. The third kappa shape index (κ3) is 3.62. The molecule has 2 aliphatic rings. The molecule has 0 radical (unpaired) electrons. The van der Waals surface area contributed by atoms with Crippen molar-refractivity contribution in [1.82, 2.24) is 15.1 Å². The molecule has 122 valence electrons. The van der Waals surface area contributed by atoms with Gasteiger partial charge < -0.3 is 15.1 Å². The first-order chi connectivity index (χ1) is 10.1. The van der Waals surface area contributed by atoms with Crippen molar-refractivity contribution in [1.29, 1.82) is 0 Å². The van der Waals surface area contributed by atoms with Crippen molar-refractivity contribution in [2.24, 2.45) is 0 Å². The van der Waals surface area contributed by atoms with Crippen molar-refractivity contribution in [3.05, 3.63) is 21.9 Å². The molecule has 2 saturated heterocycles. The summed E-state index contributed by atoms with van der Waals surface area (Å²) in [5.74, 6) is 0.271. The molecule has 5 nitrogen and oxygen atoms in total. The van der Waals surface area contributed by atoms with E-state index in [2.05, 4.69) is 5.32 Å². The first-order valence-electron chi connectivity index (χ1n) is 7.51. The van der Waals surface area contributed by atoms with Crippen LogP contribution in [0.5, 0.6) is 0 Å². The Morgan fingerprint density at radius 1 is 1.36 bits per heavy atom. The molecule has 7 heteroatoms. The average molecular weight is 344 g/mol. The Bertz CT molecular complexity index is 549. The topological polar surface area (TPSA) is 52.7 Å². The number of hydrogen-bond donors (Lipinski definition) is 1. The summed E-state index contributed by atoms with van der Waals surface area (Å²) in [6, 6.07) is 4.07. The molecule has 2 amide bonds. The van der Waals surface area contributed by atoms with E-state index < -0.39 is 0 Å². The molecule has 0 spiro atoms. The van der Waals surface area contributed by atoms with Crippen LogP contribution in [0.15, 0.2) is 12.1 Å². The molecule has 1 N–H and O–H groups in total. The molecule has 0 bridgehead atoms. The van der Waals surface area contributed by atoms with E-state index in [0.717, 1.165) is 42.2 Å². The zero-order valence-corrected chi connectivity index (χ0v) is 14.3. The molecule has 2 fully saturated rings. The number of rotatable bonds is 2. The third-order valence-electron chi connectivity index (χ3n) is 4.20. The van der Waals surface area contributed by atoms with Gasteiger partial charge in [0.25, 0.3) is 5.91 Å². The molecule has 1 aromatic heterocycles. The molecule has 0 saturated carbocycles. The van der Waals surface area contributed by atoms with E-state index in [1.165, 1.54) is 0 Å². The maximum atomic E-state index is 12.5. The number of piperazine rings is 1. The Morgan fingerprint density at radius 2 is 2.18 bits per heavy atom. The van der Waals surface area contributed by atoms with Crippen LogP contribution in [0.4, 0.5) is 0 Å². The molecule has 3 heterocycles. The van der Waals surface area contributed by atoms with Crippen LogP contribution in [0.3, 0.4) is 0 Å². The van der Waals surface area contributed by atoms with Crippen LogP contribution in [-0.4, -0.2) is 60.4 Å². The van der Waals surface area contributed by atoms with E-state index in [-0.39, 0.29) is 30.3 Å². The summed E-state index contributed by atoms with van der Waals surface area (Å²) < 4.78 is 0. The van der Waals surface area contributed by atoms with Gasteiger partial charge >= 0.3 is 0 Å². The smallest absolute Gasteiger partial charge is 0.263 e. The number of nitrogens with one attached hydrogen (secondary N) is 1. The van der Waals surface area contributed by atoms with Gasteiger partial charge in [-0.05, 0) is 31.9 Å². The van der Waals surface area contributed by atoms with E-state index in [1.807, 2.05) is 28.9 Å². The van der Waals surface area contributed by atoms with Crippen LogP contribution in [0.1, 0.15) is 27.4 Å². The fourth-order valence-corrected chi connectivity index (χ4v) is 3.94. The summed E-state index contributed by atoms with van der Waals surface area (Å²) in [6.07, 6.45) is 1.97. The highest BCUT2D eigenvalue weighted by atomic mass is 35.5. The number of carbonyl (C=O) groups is 2. The van der Waals surface area contributed by atoms with E-state index in [0.29, 0.717) is 13.1 Å². The molecular formula is C15H22ClN3O2S. The van der Waals surface area contributed by atoms with E-state index in [9.17, 15) is 9.59 Å². The number of nitrogens with zero attached hydrogens (tertiary/aromatic N) is 2. The molecule has 2 aliphatic heterocycles. The number of likely N-dealkylation sites (tertiary alicyclic amines) is 1. The Morgan fingerprint density at radius 3 is 2.86 bits per heavy atom. The molecule has 1 atom stereocenters. The quantitative estimate of drug-likeness (QED) is 0.885. The number of aryl methyl sites for hydroxylation is 1. The highest BCUT2D eigenvalue weighted by molar-refractivity contribution is 7.13. The van der Waals surface area contributed by atoms with Gasteiger partial charge in [-0.15, -0.1) is 23.7 Å². The van der Waals surface area contributed by atoms with Crippen LogP contribution < -0.4 is 5.32 Å². The van der Waals surface area contributed by atoms with Crippen molar-refractivity contribution >= 4 is 35.6 Å². The number of amides is 2. The maximum absolute atomic E-state index is 12.5. The Kier molecular flexibility index (Phi) is 5.83. The minimum Gasteiger partial charge on any atom is -0.336 e. The molecule has 1 aromatic rings. The van der Waals surface area contributed by atoms with Crippen molar-refractivity contribution in [2.75, 3.05) is 32.7 Å². The van der Waals surface area contributed by atoms with Gasteiger partial charge in [0.1, 0.15) is 0 Å². The molecule has 0 aliphatic carbocycles. The van der Waals surface area contributed by atoms with Gasteiger partial charge in [-0.1, -0.05) is 0 Å². The zero-order chi connectivity index (χ0) is 14.8. The first kappa shape index (κ1) is 17.2. The Balaban J connectivity index is 0.00000176. The predicted molar refractivity (Wildman–Crippen MR) is 89.8 cm³/mol. The van der Waals surface area contributed by atoms with Crippen molar-refractivity contribution in [2.45, 2.75) is 25.8 Å². The molecular weight excluding hydrogens is 322 g/mol. The lowest BCUT2D eigenvalue weighted by atomic mass is 10.0. The monoisotopic (exact) mass is 343 g/mol. The maximum Gasteiger partial charge on any atom is 0.263 e. The summed E-state index contributed by atoms with van der Waals surface area (Å²) in [5.41, 5.74) is 0. The molecule has 1 unspecified atom stereocenters. The highest BCUT2D eigenvalue weighted by Crippen LogP contribution is 2.22. The standard InChI is InChI=1S/C15H21N3O2S.ClH/c1-11-4-5-13(21-11)15(20)17-7-2-3-12(10-17)18-8-6-16-9-14(18)19;/h4-5,12,16H,2-3,6-10H2,1H3;1H. The summed E-state index contributed by atoms with van der Waals surface area (Å²) in [5, 5.41) is 3.10. The Hall–Kier alpha value is -1.11. The van der Waals surface area contributed by atoms with Crippen molar-refractivity contribution in [3.8, 4) is 0 Å². The van der Waals surface area contributed by atoms with E-state index in [1.54, 1.807) is 11.3 Å². The predicted octanol–water partition coefficient (Wildman–Crippen LogP) is 1.51. The summed E-state index contributed by atoms with van der Waals surface area (Å²) >= 11 is 1.55. The van der Waals surface area contributed by atoms with Crippen LogP contribution in [0, 0.1) is 6.92 Å². The molecule has 22 heavy (non-hydrogen) atoms. The number of piperidine rings is 1. The first-order valence-corrected chi connectivity index (χ1v) is 8.32. The van der Waals surface area contributed by atoms with E-state index in [4.69, 9.17) is 0 Å². The van der Waals surface area contributed by atoms with Crippen molar-refractivity contribution < 1.29 is 9.59 Å². The van der Waals surface area contributed by atoms with Crippen LogP contribution in [0.25, 0.3) is 0 Å². The lowest BCUT2D eigenvalue weighted by Crippen LogP contribution is -2.57. The number of thiophene rings is 1. The SMILES string of the molecule is Cc1ccc(C(=O)N2CCCC(N3CCNCC3=O)C2)s1.Cl. The molecule has 3 rings (SSSR count). The summed E-state index contributed by atoms with van der Waals surface area (Å²) in [6.45, 7) is 5.51. The second-order valence-electron chi connectivity index (χ2n) is 5.72. The lowest BCUT2D eigenvalue weighted by molar-refractivity contribution is -0.135. The van der Waals surface area contributed by atoms with Gasteiger partial charge in [0.2, 0.25) is 5.91 Å². The van der Waals surface area contributed by atoms with Gasteiger partial charge in [-0.2, -0.15) is 0 Å². The fourth-order valence-electron chi connectivity index (χ4n) is 3.11. The zero-order valence-electron chi connectivity index (χ0n) is 12.7. The van der Waals surface area contributed by atoms with Gasteiger partial charge in [0.15, 0.2) is 0 Å². The van der Waals surface area contributed by atoms with Crippen LogP contribution in [0.2, 0.25) is 0 Å². The number of halogens is 1. The Labute approximate surface area is 141 Å². The van der Waals surface area contributed by atoms with Gasteiger partial charge in [0, 0.05) is 37.1 Å². The summed E-state index contributed by atoms with van der Waals surface area (Å²) in [7, 11) is 0. The minimum atomic E-state index is 0. The lowest BCUT2D eigenvalue weighted by Gasteiger charge is -2.41. The van der Waals surface area contributed by atoms with Gasteiger partial charge in [0.05, 0.1) is 11.4 Å². The number of hydrogen-bond acceptors (Lipinski definition) is 4. The van der Waals surface area contributed by atoms with Gasteiger partial charge in [-0.3, -0.25) is 9.59 Å². The van der Waals surface area contributed by atoms with Gasteiger partial charge in [-0.25, -0.2) is 0 Å².